The van der Waals surface area contributed by atoms with Crippen molar-refractivity contribution < 1.29 is 4.79 Å². The Morgan fingerprint density at radius 2 is 1.79 bits per heavy atom. The fraction of sp³-hybridized carbons (Fsp3) is 0.364. The van der Waals surface area contributed by atoms with Crippen molar-refractivity contribution in [1.29, 1.82) is 0 Å². The number of hydrogen-bond donors (Lipinski definition) is 2. The van der Waals surface area contributed by atoms with Crippen LogP contribution in [0.2, 0.25) is 0 Å². The van der Waals surface area contributed by atoms with Gasteiger partial charge in [0.2, 0.25) is 5.91 Å². The van der Waals surface area contributed by atoms with Crippen molar-refractivity contribution in [3.63, 3.8) is 0 Å². The summed E-state index contributed by atoms with van der Waals surface area (Å²) in [6, 6.07) is 5.73. The lowest BCUT2D eigenvalue weighted by Gasteiger charge is -2.12. The molecule has 0 bridgehead atoms. The van der Waals surface area contributed by atoms with Gasteiger partial charge in [0.25, 0.3) is 0 Å². The number of anilines is 1. The molecule has 1 rings (SSSR count). The molecule has 0 aromatic heterocycles. The topological polar surface area (TPSA) is 55.1 Å². The normalized spacial score (nSPS) is 12.2. The van der Waals surface area contributed by atoms with E-state index in [-0.39, 0.29) is 11.9 Å². The quantitative estimate of drug-likeness (QED) is 0.764. The fourth-order valence-corrected chi connectivity index (χ4v) is 1.38. The minimum atomic E-state index is -0.343. The van der Waals surface area contributed by atoms with Crippen molar-refractivity contribution in [3.05, 3.63) is 29.3 Å². The first-order valence-corrected chi connectivity index (χ1v) is 4.63. The Kier molecular flexibility index (Phi) is 3.12. The number of carbonyl (C=O) groups excluding carboxylic acids is 1. The van der Waals surface area contributed by atoms with E-state index in [4.69, 9.17) is 5.73 Å². The van der Waals surface area contributed by atoms with Gasteiger partial charge in [-0.2, -0.15) is 0 Å². The number of rotatable bonds is 3. The third-order valence-corrected chi connectivity index (χ3v) is 2.03. The van der Waals surface area contributed by atoms with Crippen LogP contribution in [-0.4, -0.2) is 11.9 Å². The summed E-state index contributed by atoms with van der Waals surface area (Å²) >= 11 is 0. The van der Waals surface area contributed by atoms with E-state index in [1.807, 2.05) is 26.0 Å². The zero-order valence-corrected chi connectivity index (χ0v) is 8.79. The Balaban J connectivity index is 2.81. The first kappa shape index (κ1) is 10.6. The van der Waals surface area contributed by atoms with Gasteiger partial charge in [0.15, 0.2) is 0 Å². The van der Waals surface area contributed by atoms with Crippen molar-refractivity contribution in [3.8, 4) is 0 Å². The zero-order chi connectivity index (χ0) is 10.7. The molecule has 1 aromatic rings. The number of nitrogens with one attached hydrogen (secondary N) is 1. The molecule has 1 aromatic carbocycles. The summed E-state index contributed by atoms with van der Waals surface area (Å²) < 4.78 is 0. The van der Waals surface area contributed by atoms with Crippen LogP contribution in [0.5, 0.6) is 0 Å². The molecule has 0 aliphatic rings. The third-order valence-electron chi connectivity index (χ3n) is 2.03. The molecule has 3 nitrogen and oxygen atoms in total. The van der Waals surface area contributed by atoms with Crippen LogP contribution in [-0.2, 0) is 4.79 Å². The van der Waals surface area contributed by atoms with Crippen molar-refractivity contribution in [2.75, 3.05) is 5.32 Å². The lowest BCUT2D eigenvalue weighted by Crippen LogP contribution is -2.32. The molecule has 3 N–H and O–H groups in total. The number of amides is 1. The van der Waals surface area contributed by atoms with E-state index in [2.05, 4.69) is 11.4 Å². The summed E-state index contributed by atoms with van der Waals surface area (Å²) in [6.45, 7) is 5.79. The summed E-state index contributed by atoms with van der Waals surface area (Å²) in [7, 11) is 0. The molecule has 14 heavy (non-hydrogen) atoms. The molecule has 0 heterocycles. The minimum Gasteiger partial charge on any atom is -0.374 e. The number of nitrogens with two attached hydrogens (primary N) is 1. The van der Waals surface area contributed by atoms with Crippen LogP contribution in [0.25, 0.3) is 0 Å². The Bertz CT molecular complexity index is 327. The number of aryl methyl sites for hydroxylation is 2. The summed E-state index contributed by atoms with van der Waals surface area (Å²) in [5.41, 5.74) is 8.44. The van der Waals surface area contributed by atoms with Crippen molar-refractivity contribution in [2.45, 2.75) is 26.8 Å². The predicted octanol–water partition coefficient (Wildman–Crippen LogP) is 1.59. The standard InChI is InChI=1S/C11H16N2O/c1-7-4-8(2)6-10(5-7)13-9(3)11(12)14/h4-6,9,13H,1-3H3,(H2,12,14). The van der Waals surface area contributed by atoms with Gasteiger partial charge in [0.05, 0.1) is 0 Å². The highest BCUT2D eigenvalue weighted by atomic mass is 16.1. The van der Waals surface area contributed by atoms with E-state index < -0.39 is 0 Å². The molecule has 0 spiro atoms. The largest absolute Gasteiger partial charge is 0.374 e. The first-order valence-electron chi connectivity index (χ1n) is 4.63. The van der Waals surface area contributed by atoms with Crippen LogP contribution < -0.4 is 11.1 Å². The number of carbonyl (C=O) groups is 1. The van der Waals surface area contributed by atoms with Crippen LogP contribution >= 0.6 is 0 Å². The average molecular weight is 192 g/mol. The molecule has 76 valence electrons. The van der Waals surface area contributed by atoms with Crippen molar-refractivity contribution >= 4 is 11.6 Å². The molecular weight excluding hydrogens is 176 g/mol. The molecule has 0 radical (unpaired) electrons. The lowest BCUT2D eigenvalue weighted by molar-refractivity contribution is -0.118. The second-order valence-corrected chi connectivity index (χ2v) is 3.64. The van der Waals surface area contributed by atoms with Gasteiger partial charge < -0.3 is 11.1 Å². The summed E-state index contributed by atoms with van der Waals surface area (Å²) in [5.74, 6) is -0.343. The van der Waals surface area contributed by atoms with Gasteiger partial charge in [-0.15, -0.1) is 0 Å². The zero-order valence-electron chi connectivity index (χ0n) is 8.79. The van der Waals surface area contributed by atoms with Gasteiger partial charge in [-0.25, -0.2) is 0 Å². The fourth-order valence-electron chi connectivity index (χ4n) is 1.38. The summed E-state index contributed by atoms with van der Waals surface area (Å²) in [4.78, 5) is 10.8. The molecule has 0 fully saturated rings. The third kappa shape index (κ3) is 2.76. The van der Waals surface area contributed by atoms with Crippen LogP contribution in [0.4, 0.5) is 5.69 Å². The van der Waals surface area contributed by atoms with Crippen LogP contribution in [0, 0.1) is 13.8 Å². The highest BCUT2D eigenvalue weighted by Gasteiger charge is 2.07. The van der Waals surface area contributed by atoms with Gasteiger partial charge in [-0.3, -0.25) is 4.79 Å². The Hall–Kier alpha value is -1.51. The monoisotopic (exact) mass is 192 g/mol. The van der Waals surface area contributed by atoms with E-state index in [0.29, 0.717) is 0 Å². The van der Waals surface area contributed by atoms with Gasteiger partial charge in [-0.05, 0) is 44.0 Å². The van der Waals surface area contributed by atoms with Gasteiger partial charge >= 0.3 is 0 Å². The molecule has 1 amide bonds. The van der Waals surface area contributed by atoms with E-state index >= 15 is 0 Å². The molecule has 0 aliphatic carbocycles. The Morgan fingerprint density at radius 3 is 2.21 bits per heavy atom. The number of hydrogen-bond acceptors (Lipinski definition) is 2. The first-order chi connectivity index (χ1) is 6.49. The van der Waals surface area contributed by atoms with E-state index in [0.717, 1.165) is 5.69 Å². The highest BCUT2D eigenvalue weighted by molar-refractivity contribution is 5.82. The maximum atomic E-state index is 10.8. The van der Waals surface area contributed by atoms with Gasteiger partial charge in [0, 0.05) is 5.69 Å². The van der Waals surface area contributed by atoms with E-state index in [1.165, 1.54) is 11.1 Å². The molecule has 0 saturated carbocycles. The molecule has 0 saturated heterocycles. The molecule has 1 atom stereocenters. The van der Waals surface area contributed by atoms with Crippen molar-refractivity contribution in [2.24, 2.45) is 5.73 Å². The van der Waals surface area contributed by atoms with Crippen LogP contribution in [0.3, 0.4) is 0 Å². The second kappa shape index (κ2) is 4.13. The second-order valence-electron chi connectivity index (χ2n) is 3.64. The summed E-state index contributed by atoms with van der Waals surface area (Å²) in [5, 5.41) is 3.05. The Morgan fingerprint density at radius 1 is 1.29 bits per heavy atom. The van der Waals surface area contributed by atoms with Crippen molar-refractivity contribution in [1.82, 2.24) is 0 Å². The van der Waals surface area contributed by atoms with Crippen LogP contribution in [0.15, 0.2) is 18.2 Å². The molecule has 1 unspecified atom stereocenters. The number of benzene rings is 1. The van der Waals surface area contributed by atoms with Gasteiger partial charge in [0.1, 0.15) is 6.04 Å². The predicted molar refractivity (Wildman–Crippen MR) is 58.2 cm³/mol. The maximum absolute atomic E-state index is 10.8. The lowest BCUT2D eigenvalue weighted by atomic mass is 10.1. The number of primary amides is 1. The van der Waals surface area contributed by atoms with E-state index in [1.54, 1.807) is 6.92 Å². The smallest absolute Gasteiger partial charge is 0.239 e. The average Bonchev–Trinajstić information content (AvgIpc) is 2.01. The summed E-state index contributed by atoms with van der Waals surface area (Å²) in [6.07, 6.45) is 0. The Labute approximate surface area is 84.3 Å². The van der Waals surface area contributed by atoms with Crippen LogP contribution in [0.1, 0.15) is 18.1 Å². The molecule has 3 heteroatoms. The minimum absolute atomic E-state index is 0.337. The van der Waals surface area contributed by atoms with Gasteiger partial charge in [-0.1, -0.05) is 6.07 Å². The SMILES string of the molecule is Cc1cc(C)cc(NC(C)C(N)=O)c1. The maximum Gasteiger partial charge on any atom is 0.239 e. The molecule has 0 aliphatic heterocycles. The van der Waals surface area contributed by atoms with E-state index in [9.17, 15) is 4.79 Å². The molecular formula is C11H16N2O. The highest BCUT2D eigenvalue weighted by Crippen LogP contribution is 2.14.